The Balaban J connectivity index is 2.12. The van der Waals surface area contributed by atoms with Crippen LogP contribution in [-0.4, -0.2) is 46.6 Å². The van der Waals surface area contributed by atoms with Gasteiger partial charge in [0, 0.05) is 38.2 Å². The van der Waals surface area contributed by atoms with Gasteiger partial charge in [-0.3, -0.25) is 0 Å². The van der Waals surface area contributed by atoms with Crippen LogP contribution in [0.15, 0.2) is 14.7 Å². The largest absolute Gasteiger partial charge is 0.381 e. The van der Waals surface area contributed by atoms with Gasteiger partial charge in [0.15, 0.2) is 0 Å². The summed E-state index contributed by atoms with van der Waals surface area (Å²) in [5, 5.41) is 3.04. The first kappa shape index (κ1) is 17.4. The van der Waals surface area contributed by atoms with Gasteiger partial charge in [-0.2, -0.15) is 0 Å². The van der Waals surface area contributed by atoms with Crippen molar-refractivity contribution in [3.63, 3.8) is 0 Å². The summed E-state index contributed by atoms with van der Waals surface area (Å²) < 4.78 is 32.9. The standard InChI is InChI=1S/C13H21BrN2O3S2/c1-15-8-11-7-12(13(14)20-11)21(17,18)16(2)9-10-3-5-19-6-4-10/h7,10,15H,3-6,8-9H2,1-2H3. The molecular formula is C13H21BrN2O3S2. The van der Waals surface area contributed by atoms with Gasteiger partial charge in [-0.25, -0.2) is 12.7 Å². The van der Waals surface area contributed by atoms with Crippen molar-refractivity contribution >= 4 is 37.3 Å². The number of hydrogen-bond acceptors (Lipinski definition) is 5. The first-order valence-corrected chi connectivity index (χ1v) is 9.97. The summed E-state index contributed by atoms with van der Waals surface area (Å²) in [4.78, 5) is 1.37. The summed E-state index contributed by atoms with van der Waals surface area (Å²) in [6.07, 6.45) is 1.85. The molecule has 1 saturated heterocycles. The van der Waals surface area contributed by atoms with Crippen LogP contribution in [0.3, 0.4) is 0 Å². The molecule has 0 amide bonds. The van der Waals surface area contributed by atoms with E-state index in [0.717, 1.165) is 30.9 Å². The zero-order chi connectivity index (χ0) is 15.5. The number of nitrogens with one attached hydrogen (secondary N) is 1. The minimum atomic E-state index is -3.44. The van der Waals surface area contributed by atoms with E-state index in [1.54, 1.807) is 13.1 Å². The Morgan fingerprint density at radius 3 is 2.76 bits per heavy atom. The molecule has 21 heavy (non-hydrogen) atoms. The Hall–Kier alpha value is 0.01000. The molecule has 1 aromatic heterocycles. The molecule has 0 aromatic carbocycles. The second-order valence-corrected chi connectivity index (χ2v) is 9.69. The van der Waals surface area contributed by atoms with Crippen molar-refractivity contribution in [3.8, 4) is 0 Å². The van der Waals surface area contributed by atoms with E-state index >= 15 is 0 Å². The maximum Gasteiger partial charge on any atom is 0.244 e. The van der Waals surface area contributed by atoms with Crippen molar-refractivity contribution in [1.29, 1.82) is 0 Å². The van der Waals surface area contributed by atoms with Crippen LogP contribution in [0, 0.1) is 5.92 Å². The van der Waals surface area contributed by atoms with E-state index in [0.29, 0.717) is 27.7 Å². The molecule has 1 fully saturated rings. The molecule has 2 heterocycles. The van der Waals surface area contributed by atoms with Crippen molar-refractivity contribution in [2.45, 2.75) is 24.3 Å². The fourth-order valence-electron chi connectivity index (χ4n) is 2.39. The van der Waals surface area contributed by atoms with Crippen LogP contribution in [0.25, 0.3) is 0 Å². The molecule has 1 aliphatic heterocycles. The molecule has 8 heteroatoms. The van der Waals surface area contributed by atoms with Gasteiger partial charge in [-0.1, -0.05) is 0 Å². The van der Waals surface area contributed by atoms with Crippen molar-refractivity contribution in [2.24, 2.45) is 5.92 Å². The van der Waals surface area contributed by atoms with E-state index in [1.807, 2.05) is 7.05 Å². The number of ether oxygens (including phenoxy) is 1. The minimum Gasteiger partial charge on any atom is -0.381 e. The van der Waals surface area contributed by atoms with E-state index in [2.05, 4.69) is 21.2 Å². The summed E-state index contributed by atoms with van der Waals surface area (Å²) >= 11 is 4.84. The predicted octanol–water partition coefficient (Wildman–Crippen LogP) is 2.28. The van der Waals surface area contributed by atoms with Gasteiger partial charge in [-0.05, 0) is 47.8 Å². The molecule has 0 unspecified atom stereocenters. The van der Waals surface area contributed by atoms with E-state index in [9.17, 15) is 8.42 Å². The van der Waals surface area contributed by atoms with Crippen LogP contribution in [0.5, 0.6) is 0 Å². The molecule has 5 nitrogen and oxygen atoms in total. The topological polar surface area (TPSA) is 58.6 Å². The highest BCUT2D eigenvalue weighted by atomic mass is 79.9. The van der Waals surface area contributed by atoms with Crippen molar-refractivity contribution in [3.05, 3.63) is 14.7 Å². The highest BCUT2D eigenvalue weighted by Gasteiger charge is 2.28. The third kappa shape index (κ3) is 4.27. The zero-order valence-electron chi connectivity index (χ0n) is 12.3. The molecule has 1 aliphatic rings. The van der Waals surface area contributed by atoms with E-state index in [-0.39, 0.29) is 0 Å². The van der Waals surface area contributed by atoms with Gasteiger partial charge in [-0.15, -0.1) is 11.3 Å². The van der Waals surface area contributed by atoms with E-state index in [1.165, 1.54) is 15.6 Å². The SMILES string of the molecule is CNCc1cc(S(=O)(=O)N(C)CC2CCOCC2)c(Br)s1. The Labute approximate surface area is 138 Å². The molecule has 0 bridgehead atoms. The van der Waals surface area contributed by atoms with E-state index in [4.69, 9.17) is 4.74 Å². The van der Waals surface area contributed by atoms with Gasteiger partial charge >= 0.3 is 0 Å². The average Bonchev–Trinajstić information content (AvgIpc) is 2.82. The molecule has 0 spiro atoms. The highest BCUT2D eigenvalue weighted by molar-refractivity contribution is 9.11. The lowest BCUT2D eigenvalue weighted by Crippen LogP contribution is -2.34. The predicted molar refractivity (Wildman–Crippen MR) is 88.1 cm³/mol. The van der Waals surface area contributed by atoms with Crippen LogP contribution in [0.4, 0.5) is 0 Å². The lowest BCUT2D eigenvalue weighted by atomic mass is 10.0. The molecule has 120 valence electrons. The van der Waals surface area contributed by atoms with Gasteiger partial charge < -0.3 is 10.1 Å². The quantitative estimate of drug-likeness (QED) is 0.800. The summed E-state index contributed by atoms with van der Waals surface area (Å²) in [5.41, 5.74) is 0. The molecule has 0 aliphatic carbocycles. The van der Waals surface area contributed by atoms with Crippen LogP contribution < -0.4 is 5.32 Å². The molecule has 1 aromatic rings. The zero-order valence-corrected chi connectivity index (χ0v) is 15.5. The lowest BCUT2D eigenvalue weighted by Gasteiger charge is -2.26. The minimum absolute atomic E-state index is 0.368. The molecular weight excluding hydrogens is 376 g/mol. The van der Waals surface area contributed by atoms with Gasteiger partial charge in [0.1, 0.15) is 4.90 Å². The normalized spacial score (nSPS) is 17.5. The third-order valence-electron chi connectivity index (χ3n) is 3.60. The van der Waals surface area contributed by atoms with Crippen molar-refractivity contribution < 1.29 is 13.2 Å². The summed E-state index contributed by atoms with van der Waals surface area (Å²) in [6.45, 7) is 2.68. The number of nitrogens with zero attached hydrogens (tertiary/aromatic N) is 1. The first-order chi connectivity index (χ1) is 9.95. The maximum absolute atomic E-state index is 12.7. The molecule has 2 rings (SSSR count). The molecule has 0 radical (unpaired) electrons. The number of hydrogen-bond donors (Lipinski definition) is 1. The number of thiophene rings is 1. The Morgan fingerprint density at radius 2 is 2.14 bits per heavy atom. The van der Waals surface area contributed by atoms with Gasteiger partial charge in [0.25, 0.3) is 0 Å². The first-order valence-electron chi connectivity index (χ1n) is 6.92. The number of rotatable bonds is 6. The summed E-state index contributed by atoms with van der Waals surface area (Å²) in [5.74, 6) is 0.382. The van der Waals surface area contributed by atoms with E-state index < -0.39 is 10.0 Å². The highest BCUT2D eigenvalue weighted by Crippen LogP contribution is 2.33. The van der Waals surface area contributed by atoms with Crippen LogP contribution in [0.1, 0.15) is 17.7 Å². The second-order valence-electron chi connectivity index (χ2n) is 5.22. The van der Waals surface area contributed by atoms with Crippen LogP contribution in [-0.2, 0) is 21.3 Å². The van der Waals surface area contributed by atoms with Crippen LogP contribution in [0.2, 0.25) is 0 Å². The summed E-state index contributed by atoms with van der Waals surface area (Å²) in [6, 6.07) is 1.75. The molecule has 1 N–H and O–H groups in total. The Morgan fingerprint density at radius 1 is 1.48 bits per heavy atom. The Bertz CT molecular complexity index is 568. The van der Waals surface area contributed by atoms with Crippen molar-refractivity contribution in [1.82, 2.24) is 9.62 Å². The lowest BCUT2D eigenvalue weighted by molar-refractivity contribution is 0.0620. The fraction of sp³-hybridized carbons (Fsp3) is 0.692. The van der Waals surface area contributed by atoms with Gasteiger partial charge in [0.05, 0.1) is 3.79 Å². The Kier molecular flexibility index (Phi) is 6.22. The van der Waals surface area contributed by atoms with Gasteiger partial charge in [0.2, 0.25) is 10.0 Å². The van der Waals surface area contributed by atoms with Crippen LogP contribution >= 0.6 is 27.3 Å². The number of sulfonamides is 1. The molecule has 0 atom stereocenters. The fourth-order valence-corrected chi connectivity index (χ4v) is 6.28. The smallest absolute Gasteiger partial charge is 0.244 e. The molecule has 0 saturated carbocycles. The second kappa shape index (κ2) is 7.52. The maximum atomic E-state index is 12.7. The van der Waals surface area contributed by atoms with Crippen molar-refractivity contribution in [2.75, 3.05) is 33.9 Å². The monoisotopic (exact) mass is 396 g/mol. The third-order valence-corrected chi connectivity index (χ3v) is 7.68. The average molecular weight is 397 g/mol. The summed E-state index contributed by atoms with van der Waals surface area (Å²) in [7, 11) is 0.0674. The number of halogens is 1.